The highest BCUT2D eigenvalue weighted by Gasteiger charge is 2.50. The molecular formula is C38H56O3SSi2. The first-order chi connectivity index (χ1) is 20.7. The lowest BCUT2D eigenvalue weighted by atomic mass is 9.88. The van der Waals surface area contributed by atoms with Crippen molar-refractivity contribution >= 4 is 38.8 Å². The van der Waals surface area contributed by atoms with Crippen molar-refractivity contribution in [2.24, 2.45) is 11.8 Å². The van der Waals surface area contributed by atoms with Crippen molar-refractivity contribution in [3.8, 4) is 0 Å². The second-order valence-corrected chi connectivity index (χ2v) is 25.6. The van der Waals surface area contributed by atoms with Gasteiger partial charge in [-0.1, -0.05) is 139 Å². The Bertz CT molecular complexity index is 1230. The fourth-order valence-electron chi connectivity index (χ4n) is 6.14. The maximum atomic E-state index is 7.32. The van der Waals surface area contributed by atoms with E-state index in [1.807, 2.05) is 11.8 Å². The largest absolute Gasteiger partial charge is 0.416 e. The Morgan fingerprint density at radius 2 is 1.27 bits per heavy atom. The monoisotopic (exact) mass is 648 g/mol. The van der Waals surface area contributed by atoms with Crippen LogP contribution in [0.15, 0.2) is 95.9 Å². The van der Waals surface area contributed by atoms with Gasteiger partial charge in [0.25, 0.3) is 8.32 Å². The van der Waals surface area contributed by atoms with Gasteiger partial charge < -0.3 is 13.6 Å². The van der Waals surface area contributed by atoms with Crippen LogP contribution in [0.4, 0.5) is 0 Å². The molecule has 240 valence electrons. The van der Waals surface area contributed by atoms with Gasteiger partial charge in [-0.05, 0) is 70.9 Å². The molecular weight excluding hydrogens is 593 g/mol. The highest BCUT2D eigenvalue weighted by Crippen LogP contribution is 2.41. The Kier molecular flexibility index (Phi) is 11.9. The van der Waals surface area contributed by atoms with Gasteiger partial charge in [0, 0.05) is 24.0 Å². The van der Waals surface area contributed by atoms with E-state index in [1.165, 1.54) is 15.3 Å². The van der Waals surface area contributed by atoms with Crippen LogP contribution in [-0.4, -0.2) is 41.4 Å². The van der Waals surface area contributed by atoms with E-state index >= 15 is 0 Å². The van der Waals surface area contributed by atoms with Crippen molar-refractivity contribution in [2.45, 2.75) is 107 Å². The quantitative estimate of drug-likeness (QED) is 0.183. The van der Waals surface area contributed by atoms with Crippen molar-refractivity contribution in [1.29, 1.82) is 0 Å². The van der Waals surface area contributed by atoms with E-state index in [4.69, 9.17) is 13.6 Å². The molecule has 0 amide bonds. The van der Waals surface area contributed by atoms with Gasteiger partial charge in [0.2, 0.25) is 0 Å². The van der Waals surface area contributed by atoms with E-state index in [1.54, 1.807) is 0 Å². The molecule has 6 heteroatoms. The zero-order chi connectivity index (χ0) is 32.0. The van der Waals surface area contributed by atoms with Crippen molar-refractivity contribution in [2.75, 3.05) is 13.2 Å². The van der Waals surface area contributed by atoms with Gasteiger partial charge in [0.15, 0.2) is 8.32 Å². The van der Waals surface area contributed by atoms with Crippen molar-refractivity contribution < 1.29 is 13.6 Å². The number of hydrogen-bond acceptors (Lipinski definition) is 4. The summed E-state index contributed by atoms with van der Waals surface area (Å²) in [4.78, 5) is 1.27. The summed E-state index contributed by atoms with van der Waals surface area (Å²) < 4.78 is 20.9. The molecule has 3 aromatic carbocycles. The molecule has 1 fully saturated rings. The molecule has 0 unspecified atom stereocenters. The van der Waals surface area contributed by atoms with E-state index in [2.05, 4.69) is 153 Å². The molecule has 0 bridgehead atoms. The maximum Gasteiger partial charge on any atom is 0.261 e. The first-order valence-corrected chi connectivity index (χ1v) is 22.2. The normalized spacial score (nSPS) is 20.8. The molecule has 4 rings (SSSR count). The molecule has 0 radical (unpaired) electrons. The van der Waals surface area contributed by atoms with E-state index in [-0.39, 0.29) is 21.6 Å². The van der Waals surface area contributed by atoms with Crippen molar-refractivity contribution in [3.05, 3.63) is 91.0 Å². The molecule has 0 N–H and O–H groups in total. The second-order valence-electron chi connectivity index (χ2n) is 15.2. The van der Waals surface area contributed by atoms with Gasteiger partial charge in [-0.15, -0.1) is 0 Å². The molecule has 0 saturated carbocycles. The van der Waals surface area contributed by atoms with Crippen LogP contribution in [0.25, 0.3) is 0 Å². The standard InChI is InChI=1S/C38H56O3SSi2/c1-30(29-40-43(8,9)37(2,3)4)35-27-31(28-36(41-35)42-32-19-13-10-14-20-32)25-26-39-44(38(5,6)7,33-21-15-11-16-22-33)34-23-17-12-18-24-34/h10-24,30-31,35-36H,25-29H2,1-9H3/t30-,31-,35-,36+/m1/s1. The Hall–Kier alpha value is -1.68. The number of benzene rings is 3. The molecule has 3 nitrogen and oxygen atoms in total. The molecule has 3 aromatic rings. The first kappa shape index (κ1) is 35.2. The van der Waals surface area contributed by atoms with Crippen LogP contribution in [0.1, 0.15) is 67.7 Å². The molecule has 1 aliphatic rings. The third kappa shape index (κ3) is 8.57. The van der Waals surface area contributed by atoms with E-state index < -0.39 is 16.6 Å². The van der Waals surface area contributed by atoms with E-state index in [0.717, 1.165) is 32.5 Å². The third-order valence-corrected chi connectivity index (χ3v) is 20.5. The summed E-state index contributed by atoms with van der Waals surface area (Å²) in [5.74, 6) is 0.867. The SMILES string of the molecule is C[C@H](CO[Si](C)(C)C(C)(C)C)[C@H]1C[C@@H](CCO[Si](c2ccccc2)(c2ccccc2)C(C)(C)C)C[C@H](Sc2ccccc2)O1. The van der Waals surface area contributed by atoms with Crippen LogP contribution < -0.4 is 10.4 Å². The molecule has 0 aliphatic carbocycles. The fourth-order valence-corrected chi connectivity index (χ4v) is 13.0. The Labute approximate surface area is 274 Å². The highest BCUT2D eigenvalue weighted by atomic mass is 32.2. The second kappa shape index (κ2) is 14.8. The van der Waals surface area contributed by atoms with Crippen LogP contribution >= 0.6 is 11.8 Å². The molecule has 1 aliphatic heterocycles. The number of rotatable bonds is 12. The number of ether oxygens (including phenoxy) is 1. The summed E-state index contributed by atoms with van der Waals surface area (Å²) in [6, 6.07) is 32.7. The van der Waals surface area contributed by atoms with Crippen molar-refractivity contribution in [1.82, 2.24) is 0 Å². The molecule has 1 saturated heterocycles. The zero-order valence-electron chi connectivity index (χ0n) is 28.6. The summed E-state index contributed by atoms with van der Waals surface area (Å²) in [6.45, 7) is 22.6. The topological polar surface area (TPSA) is 27.7 Å². The van der Waals surface area contributed by atoms with Gasteiger partial charge in [-0.3, -0.25) is 0 Å². The van der Waals surface area contributed by atoms with Gasteiger partial charge in [-0.25, -0.2) is 0 Å². The average molecular weight is 649 g/mol. The van der Waals surface area contributed by atoms with Crippen LogP contribution in [0.5, 0.6) is 0 Å². The smallest absolute Gasteiger partial charge is 0.261 e. The minimum atomic E-state index is -2.55. The number of hydrogen-bond donors (Lipinski definition) is 0. The molecule has 4 atom stereocenters. The lowest BCUT2D eigenvalue weighted by molar-refractivity contribution is -0.0663. The summed E-state index contributed by atoms with van der Waals surface area (Å²) in [5, 5.41) is 2.87. The van der Waals surface area contributed by atoms with Crippen LogP contribution in [-0.2, 0) is 13.6 Å². The minimum absolute atomic E-state index is 0.0186. The van der Waals surface area contributed by atoms with Gasteiger partial charge in [-0.2, -0.15) is 0 Å². The van der Waals surface area contributed by atoms with E-state index in [0.29, 0.717) is 11.8 Å². The molecule has 44 heavy (non-hydrogen) atoms. The summed E-state index contributed by atoms with van der Waals surface area (Å²) in [6.07, 6.45) is 3.30. The molecule has 1 heterocycles. The predicted molar refractivity (Wildman–Crippen MR) is 194 cm³/mol. The summed E-state index contributed by atoms with van der Waals surface area (Å²) in [5.41, 5.74) is 0.129. The van der Waals surface area contributed by atoms with Crippen LogP contribution in [0.2, 0.25) is 23.2 Å². The summed E-state index contributed by atoms with van der Waals surface area (Å²) in [7, 11) is -4.38. The third-order valence-electron chi connectivity index (χ3n) is 9.84. The van der Waals surface area contributed by atoms with Gasteiger partial charge in [0.05, 0.1) is 6.10 Å². The van der Waals surface area contributed by atoms with Crippen LogP contribution in [0, 0.1) is 11.8 Å². The Morgan fingerprint density at radius 1 is 0.750 bits per heavy atom. The van der Waals surface area contributed by atoms with E-state index in [9.17, 15) is 0 Å². The van der Waals surface area contributed by atoms with Gasteiger partial charge in [0.1, 0.15) is 5.44 Å². The number of thioether (sulfide) groups is 1. The Morgan fingerprint density at radius 3 is 1.77 bits per heavy atom. The maximum absolute atomic E-state index is 7.32. The predicted octanol–water partition coefficient (Wildman–Crippen LogP) is 9.52. The summed E-state index contributed by atoms with van der Waals surface area (Å²) >= 11 is 1.87. The van der Waals surface area contributed by atoms with Crippen LogP contribution in [0.3, 0.4) is 0 Å². The minimum Gasteiger partial charge on any atom is -0.416 e. The lowest BCUT2D eigenvalue weighted by Crippen LogP contribution is -2.66. The average Bonchev–Trinajstić information content (AvgIpc) is 2.98. The Balaban J connectivity index is 1.53. The zero-order valence-corrected chi connectivity index (χ0v) is 31.5. The molecule has 0 spiro atoms. The fraction of sp³-hybridized carbons (Fsp3) is 0.526. The van der Waals surface area contributed by atoms with Crippen molar-refractivity contribution in [3.63, 3.8) is 0 Å². The molecule has 0 aromatic heterocycles. The lowest BCUT2D eigenvalue weighted by Gasteiger charge is -2.44. The van der Waals surface area contributed by atoms with Gasteiger partial charge >= 0.3 is 0 Å². The highest BCUT2D eigenvalue weighted by molar-refractivity contribution is 7.99. The first-order valence-electron chi connectivity index (χ1n) is 16.5.